The minimum atomic E-state index is -0.951. The Labute approximate surface area is 223 Å². The van der Waals surface area contributed by atoms with Crippen LogP contribution in [0.4, 0.5) is 14.9 Å². The standard InChI is InChI=1S/C29H37FN4O4/c1-2-38-29(37)33-18-16-32(17-19-33)21-26(35)34(25-15-9-12-23(30)20-25)27(22-10-5-3-6-11-22)28(36)31-24-13-7-4-8-14-24/h3,5-6,9-12,15,20,24,27H,2,4,7-8,13-14,16-19,21H2,1H3,(H,31,36). The predicted molar refractivity (Wildman–Crippen MR) is 143 cm³/mol. The summed E-state index contributed by atoms with van der Waals surface area (Å²) >= 11 is 0. The van der Waals surface area contributed by atoms with E-state index in [-0.39, 0.29) is 30.5 Å². The van der Waals surface area contributed by atoms with E-state index in [9.17, 15) is 18.8 Å². The number of halogens is 1. The summed E-state index contributed by atoms with van der Waals surface area (Å²) < 4.78 is 19.5. The number of nitrogens with one attached hydrogen (secondary N) is 1. The summed E-state index contributed by atoms with van der Waals surface area (Å²) in [5, 5.41) is 3.17. The summed E-state index contributed by atoms with van der Waals surface area (Å²) in [6, 6.07) is 14.1. The van der Waals surface area contributed by atoms with Crippen molar-refractivity contribution in [1.29, 1.82) is 0 Å². The summed E-state index contributed by atoms with van der Waals surface area (Å²) in [4.78, 5) is 44.8. The van der Waals surface area contributed by atoms with Gasteiger partial charge in [-0.2, -0.15) is 0 Å². The van der Waals surface area contributed by atoms with Crippen LogP contribution in [0, 0.1) is 5.82 Å². The maximum Gasteiger partial charge on any atom is 0.409 e. The van der Waals surface area contributed by atoms with Crippen LogP contribution < -0.4 is 10.2 Å². The minimum Gasteiger partial charge on any atom is -0.450 e. The van der Waals surface area contributed by atoms with Gasteiger partial charge in [-0.15, -0.1) is 0 Å². The molecule has 0 radical (unpaired) electrons. The molecule has 2 aliphatic rings. The molecule has 38 heavy (non-hydrogen) atoms. The molecule has 1 heterocycles. The summed E-state index contributed by atoms with van der Waals surface area (Å²) in [6.45, 7) is 3.98. The number of anilines is 1. The second-order valence-corrected chi connectivity index (χ2v) is 9.86. The molecule has 1 saturated heterocycles. The molecule has 1 saturated carbocycles. The SMILES string of the molecule is CCOC(=O)N1CCN(CC(=O)N(c2cccc(F)c2)C(C(=O)NC2CCCCC2)c2ccccc2)CC1. The van der Waals surface area contributed by atoms with Crippen LogP contribution >= 0.6 is 0 Å². The van der Waals surface area contributed by atoms with Crippen molar-refractivity contribution in [2.24, 2.45) is 0 Å². The molecule has 204 valence electrons. The minimum absolute atomic E-state index is 0.0349. The molecule has 0 bridgehead atoms. The molecule has 2 aromatic rings. The van der Waals surface area contributed by atoms with E-state index in [2.05, 4.69) is 5.32 Å². The molecule has 1 aliphatic heterocycles. The number of ether oxygens (including phenoxy) is 1. The summed E-state index contributed by atoms with van der Waals surface area (Å²) in [6.07, 6.45) is 4.74. The van der Waals surface area contributed by atoms with Gasteiger partial charge in [0, 0.05) is 37.9 Å². The highest BCUT2D eigenvalue weighted by Gasteiger charge is 2.35. The van der Waals surface area contributed by atoms with Crippen LogP contribution in [0.2, 0.25) is 0 Å². The third kappa shape index (κ3) is 7.10. The summed E-state index contributed by atoms with van der Waals surface area (Å²) in [7, 11) is 0. The largest absolute Gasteiger partial charge is 0.450 e. The first-order valence-electron chi connectivity index (χ1n) is 13.5. The second kappa shape index (κ2) is 13.4. The summed E-state index contributed by atoms with van der Waals surface area (Å²) in [5.74, 6) is -1.07. The lowest BCUT2D eigenvalue weighted by Gasteiger charge is -2.37. The lowest BCUT2D eigenvalue weighted by atomic mass is 9.94. The van der Waals surface area contributed by atoms with E-state index in [4.69, 9.17) is 4.74 Å². The number of nitrogens with zero attached hydrogens (tertiary/aromatic N) is 3. The van der Waals surface area contributed by atoms with E-state index in [1.54, 1.807) is 24.0 Å². The van der Waals surface area contributed by atoms with Crippen molar-refractivity contribution in [3.63, 3.8) is 0 Å². The smallest absolute Gasteiger partial charge is 0.409 e. The predicted octanol–water partition coefficient (Wildman–Crippen LogP) is 4.12. The fourth-order valence-electron chi connectivity index (χ4n) is 5.21. The lowest BCUT2D eigenvalue weighted by Crippen LogP contribution is -2.53. The van der Waals surface area contributed by atoms with Crippen LogP contribution in [0.15, 0.2) is 54.6 Å². The van der Waals surface area contributed by atoms with Crippen molar-refractivity contribution in [3.8, 4) is 0 Å². The molecule has 2 aromatic carbocycles. The molecule has 1 unspecified atom stereocenters. The zero-order chi connectivity index (χ0) is 26.9. The number of rotatable bonds is 8. The van der Waals surface area contributed by atoms with Crippen LogP contribution in [-0.4, -0.2) is 73.1 Å². The first kappa shape index (κ1) is 27.6. The van der Waals surface area contributed by atoms with Crippen molar-refractivity contribution in [2.75, 3.05) is 44.2 Å². The van der Waals surface area contributed by atoms with Crippen LogP contribution in [0.1, 0.15) is 50.6 Å². The van der Waals surface area contributed by atoms with Gasteiger partial charge in [-0.3, -0.25) is 19.4 Å². The highest BCUT2D eigenvalue weighted by atomic mass is 19.1. The molecular weight excluding hydrogens is 487 g/mol. The van der Waals surface area contributed by atoms with Gasteiger partial charge < -0.3 is 15.0 Å². The molecular formula is C29H37FN4O4. The topological polar surface area (TPSA) is 82.2 Å². The Morgan fingerprint density at radius 1 is 1.00 bits per heavy atom. The Morgan fingerprint density at radius 3 is 2.37 bits per heavy atom. The van der Waals surface area contributed by atoms with E-state index >= 15 is 0 Å². The molecule has 4 rings (SSSR count). The van der Waals surface area contributed by atoms with Crippen molar-refractivity contribution < 1.29 is 23.5 Å². The molecule has 3 amide bonds. The molecule has 9 heteroatoms. The quantitative estimate of drug-likeness (QED) is 0.562. The number of benzene rings is 2. The van der Waals surface area contributed by atoms with Gasteiger partial charge in [0.1, 0.15) is 11.9 Å². The van der Waals surface area contributed by atoms with Gasteiger partial charge in [0.2, 0.25) is 11.8 Å². The fraction of sp³-hybridized carbons (Fsp3) is 0.483. The van der Waals surface area contributed by atoms with Crippen LogP contribution in [0.5, 0.6) is 0 Å². The van der Waals surface area contributed by atoms with Gasteiger partial charge in [0.15, 0.2) is 0 Å². The third-order valence-corrected chi connectivity index (χ3v) is 7.19. The van der Waals surface area contributed by atoms with Gasteiger partial charge in [0.05, 0.1) is 13.2 Å². The first-order valence-corrected chi connectivity index (χ1v) is 13.5. The molecule has 1 N–H and O–H groups in total. The number of hydrogen-bond acceptors (Lipinski definition) is 5. The average molecular weight is 525 g/mol. The highest BCUT2D eigenvalue weighted by Crippen LogP contribution is 2.30. The van der Waals surface area contributed by atoms with E-state index in [1.165, 1.54) is 17.0 Å². The monoisotopic (exact) mass is 524 g/mol. The van der Waals surface area contributed by atoms with Crippen molar-refractivity contribution in [2.45, 2.75) is 51.1 Å². The maximum absolute atomic E-state index is 14.4. The van der Waals surface area contributed by atoms with Gasteiger partial charge in [0.25, 0.3) is 0 Å². The normalized spacial score (nSPS) is 17.5. The Hall–Kier alpha value is -3.46. The maximum atomic E-state index is 14.4. The number of carbonyl (C=O) groups excluding carboxylic acids is 3. The van der Waals surface area contributed by atoms with Gasteiger partial charge in [-0.25, -0.2) is 9.18 Å². The van der Waals surface area contributed by atoms with Crippen LogP contribution in [-0.2, 0) is 14.3 Å². The van der Waals surface area contributed by atoms with Crippen LogP contribution in [0.3, 0.4) is 0 Å². The Morgan fingerprint density at radius 2 is 1.71 bits per heavy atom. The molecule has 1 aliphatic carbocycles. The molecule has 0 aromatic heterocycles. The highest BCUT2D eigenvalue weighted by molar-refractivity contribution is 6.02. The number of hydrogen-bond donors (Lipinski definition) is 1. The van der Waals surface area contributed by atoms with E-state index < -0.39 is 11.9 Å². The number of piperazine rings is 1. The molecule has 1 atom stereocenters. The Bertz CT molecular complexity index is 1080. The zero-order valence-electron chi connectivity index (χ0n) is 22.0. The van der Waals surface area contributed by atoms with Crippen LogP contribution in [0.25, 0.3) is 0 Å². The second-order valence-electron chi connectivity index (χ2n) is 9.86. The van der Waals surface area contributed by atoms with Crippen molar-refractivity contribution in [3.05, 3.63) is 66.0 Å². The van der Waals surface area contributed by atoms with Crippen molar-refractivity contribution in [1.82, 2.24) is 15.1 Å². The Kier molecular flexibility index (Phi) is 9.70. The van der Waals surface area contributed by atoms with Gasteiger partial charge >= 0.3 is 6.09 Å². The van der Waals surface area contributed by atoms with Gasteiger partial charge in [-0.05, 0) is 43.5 Å². The first-order chi connectivity index (χ1) is 18.5. The number of carbonyl (C=O) groups is 3. The van der Waals surface area contributed by atoms with E-state index in [0.29, 0.717) is 44.0 Å². The third-order valence-electron chi connectivity index (χ3n) is 7.19. The Balaban J connectivity index is 1.59. The molecule has 8 nitrogen and oxygen atoms in total. The summed E-state index contributed by atoms with van der Waals surface area (Å²) in [5.41, 5.74) is 0.985. The van der Waals surface area contributed by atoms with E-state index in [1.807, 2.05) is 35.2 Å². The lowest BCUT2D eigenvalue weighted by molar-refractivity contribution is -0.127. The molecule has 2 fully saturated rings. The van der Waals surface area contributed by atoms with Gasteiger partial charge in [-0.1, -0.05) is 55.7 Å². The number of amides is 3. The zero-order valence-corrected chi connectivity index (χ0v) is 22.0. The fourth-order valence-corrected chi connectivity index (χ4v) is 5.21. The molecule has 0 spiro atoms. The average Bonchev–Trinajstić information content (AvgIpc) is 2.93. The van der Waals surface area contributed by atoms with E-state index in [0.717, 1.165) is 32.1 Å². The van der Waals surface area contributed by atoms with Crippen molar-refractivity contribution >= 4 is 23.6 Å².